The van der Waals surface area contributed by atoms with Gasteiger partial charge in [0.05, 0.1) is 16.6 Å². The Kier molecular flexibility index (Phi) is 9.04. The summed E-state index contributed by atoms with van der Waals surface area (Å²) in [5.74, 6) is -2.34. The Hall–Kier alpha value is -3.18. The van der Waals surface area contributed by atoms with Gasteiger partial charge in [-0.15, -0.1) is 0 Å². The van der Waals surface area contributed by atoms with E-state index in [2.05, 4.69) is 5.32 Å². The summed E-state index contributed by atoms with van der Waals surface area (Å²) in [6.07, 6.45) is -0.532. The molecule has 0 heterocycles. The van der Waals surface area contributed by atoms with E-state index in [1.807, 2.05) is 19.9 Å². The van der Waals surface area contributed by atoms with Crippen LogP contribution in [0.1, 0.15) is 35.3 Å². The molecule has 0 aliphatic rings. The van der Waals surface area contributed by atoms with Crippen molar-refractivity contribution in [1.29, 1.82) is 0 Å². The van der Waals surface area contributed by atoms with Crippen LogP contribution in [0.2, 0.25) is 0 Å². The number of carboxylic acid groups (broad SMARTS) is 1. The fourth-order valence-electron chi connectivity index (χ4n) is 4.07. The highest BCUT2D eigenvalue weighted by atomic mass is 32.2. The minimum absolute atomic E-state index is 0.0828. The predicted molar refractivity (Wildman–Crippen MR) is 142 cm³/mol. The summed E-state index contributed by atoms with van der Waals surface area (Å²) < 4.78 is 55.2. The van der Waals surface area contributed by atoms with Crippen molar-refractivity contribution in [3.05, 3.63) is 89.0 Å². The van der Waals surface area contributed by atoms with Crippen molar-refractivity contribution in [3.63, 3.8) is 0 Å². The topological polar surface area (TPSA) is 107 Å². The second-order valence-electron chi connectivity index (χ2n) is 10.0. The van der Waals surface area contributed by atoms with E-state index in [-0.39, 0.29) is 34.9 Å². The quantitative estimate of drug-likeness (QED) is 0.332. The Balaban J connectivity index is 1.67. The summed E-state index contributed by atoms with van der Waals surface area (Å²) >= 11 is 0. The lowest BCUT2D eigenvalue weighted by Gasteiger charge is -2.29. The van der Waals surface area contributed by atoms with Crippen molar-refractivity contribution in [2.24, 2.45) is 0 Å². The fourth-order valence-corrected chi connectivity index (χ4v) is 5.32. The zero-order valence-corrected chi connectivity index (χ0v) is 22.5. The van der Waals surface area contributed by atoms with E-state index in [4.69, 9.17) is 0 Å². The summed E-state index contributed by atoms with van der Waals surface area (Å²) in [5.41, 5.74) is 1.17. The molecule has 3 rings (SSSR count). The lowest BCUT2D eigenvalue weighted by atomic mass is 9.94. The number of rotatable bonds is 11. The van der Waals surface area contributed by atoms with Crippen molar-refractivity contribution in [2.45, 2.75) is 43.7 Å². The molecule has 0 amide bonds. The Morgan fingerprint density at radius 1 is 1.05 bits per heavy atom. The summed E-state index contributed by atoms with van der Waals surface area (Å²) in [4.78, 5) is 11.2. The molecule has 3 aromatic carbocycles. The number of likely N-dealkylation sites (N-methyl/N-ethyl adjacent to an activating group) is 1. The number of hydrogen-bond acceptors (Lipinski definition) is 5. The van der Waals surface area contributed by atoms with Gasteiger partial charge in [0, 0.05) is 25.7 Å². The van der Waals surface area contributed by atoms with Crippen molar-refractivity contribution >= 4 is 16.0 Å². The van der Waals surface area contributed by atoms with Crippen LogP contribution in [0.4, 0.5) is 8.78 Å². The number of carbonyl (C=O) groups is 1. The molecule has 0 fully saturated rings. The average molecular weight is 547 g/mol. The van der Waals surface area contributed by atoms with Crippen molar-refractivity contribution in [1.82, 2.24) is 9.62 Å². The van der Waals surface area contributed by atoms with Crippen LogP contribution in [0, 0.1) is 18.6 Å². The van der Waals surface area contributed by atoms with E-state index >= 15 is 0 Å². The number of sulfonamides is 1. The van der Waals surface area contributed by atoms with E-state index in [1.165, 1.54) is 37.4 Å². The first-order valence-corrected chi connectivity index (χ1v) is 13.4. The number of benzene rings is 3. The highest BCUT2D eigenvalue weighted by molar-refractivity contribution is 7.89. The maximum atomic E-state index is 14.0. The number of aryl methyl sites for hydroxylation is 1. The van der Waals surface area contributed by atoms with Crippen molar-refractivity contribution in [3.8, 4) is 11.1 Å². The monoisotopic (exact) mass is 546 g/mol. The van der Waals surface area contributed by atoms with Crippen molar-refractivity contribution in [2.75, 3.05) is 20.1 Å². The van der Waals surface area contributed by atoms with Gasteiger partial charge in [0.1, 0.15) is 11.6 Å². The SMILES string of the molecule is Cc1ccc(CC(C)(C)NCC(O)CN(C)S(=O)(=O)c2cccc(-c3cc(F)cc(C(=O)O)c3)c2)cc1F. The van der Waals surface area contributed by atoms with E-state index in [0.29, 0.717) is 17.5 Å². The average Bonchev–Trinajstić information content (AvgIpc) is 2.84. The van der Waals surface area contributed by atoms with Crippen LogP contribution in [0.15, 0.2) is 65.6 Å². The Labute approximate surface area is 221 Å². The molecule has 0 saturated carbocycles. The van der Waals surface area contributed by atoms with E-state index in [0.717, 1.165) is 22.0 Å². The number of aliphatic hydroxyl groups is 1. The van der Waals surface area contributed by atoms with Crippen molar-refractivity contribution < 1.29 is 32.2 Å². The van der Waals surface area contributed by atoms with Gasteiger partial charge in [0.15, 0.2) is 0 Å². The first kappa shape index (κ1) is 29.4. The van der Waals surface area contributed by atoms with Crippen LogP contribution in [-0.4, -0.2) is 60.7 Å². The summed E-state index contributed by atoms with van der Waals surface area (Å²) in [6.45, 7) is 5.41. The number of carboxylic acids is 1. The molecule has 0 aromatic heterocycles. The standard InChI is InChI=1S/C28H32F2N2O5S/c1-18-8-9-19(10-26(18)30)15-28(2,3)31-16-24(33)17-32(4)38(36,37)25-7-5-6-20(14-25)21-11-22(27(34)35)13-23(29)12-21/h5-14,24,31,33H,15-17H2,1-4H3,(H,34,35). The largest absolute Gasteiger partial charge is 0.478 e. The number of halogens is 2. The lowest BCUT2D eigenvalue weighted by Crippen LogP contribution is -2.47. The highest BCUT2D eigenvalue weighted by Gasteiger charge is 2.25. The molecule has 38 heavy (non-hydrogen) atoms. The molecule has 0 aliphatic heterocycles. The Morgan fingerprint density at radius 2 is 1.76 bits per heavy atom. The summed E-state index contributed by atoms with van der Waals surface area (Å²) in [7, 11) is -2.68. The number of aliphatic hydroxyl groups excluding tert-OH is 1. The van der Waals surface area contributed by atoms with Crippen LogP contribution in [0.3, 0.4) is 0 Å². The van der Waals surface area contributed by atoms with Gasteiger partial charge in [-0.1, -0.05) is 24.3 Å². The van der Waals surface area contributed by atoms with Crippen LogP contribution >= 0.6 is 0 Å². The van der Waals surface area contributed by atoms with Gasteiger partial charge in [0.2, 0.25) is 10.0 Å². The Bertz CT molecular complexity index is 1430. The van der Waals surface area contributed by atoms with Crippen LogP contribution in [0.25, 0.3) is 11.1 Å². The van der Waals surface area contributed by atoms with Crippen LogP contribution < -0.4 is 5.32 Å². The normalized spacial score (nSPS) is 13.1. The van der Waals surface area contributed by atoms with Gasteiger partial charge < -0.3 is 15.5 Å². The smallest absolute Gasteiger partial charge is 0.335 e. The molecule has 1 unspecified atom stereocenters. The zero-order valence-electron chi connectivity index (χ0n) is 21.7. The van der Waals surface area contributed by atoms with Gasteiger partial charge in [0.25, 0.3) is 0 Å². The molecule has 204 valence electrons. The van der Waals surface area contributed by atoms with E-state index in [9.17, 15) is 32.2 Å². The molecule has 3 aromatic rings. The number of nitrogens with one attached hydrogen (secondary N) is 1. The number of hydrogen-bond donors (Lipinski definition) is 3. The number of β-amino-alcohol motifs (C(OH)–C–C–N with tert-alkyl or cyclic N) is 1. The highest BCUT2D eigenvalue weighted by Crippen LogP contribution is 2.26. The minimum atomic E-state index is -4.02. The molecule has 0 spiro atoms. The molecule has 7 nitrogen and oxygen atoms in total. The molecule has 3 N–H and O–H groups in total. The van der Waals surface area contributed by atoms with Gasteiger partial charge >= 0.3 is 5.97 Å². The number of nitrogens with zero attached hydrogens (tertiary/aromatic N) is 1. The third-order valence-electron chi connectivity index (χ3n) is 6.19. The molecule has 1 atom stereocenters. The first-order valence-electron chi connectivity index (χ1n) is 12.0. The second-order valence-corrected chi connectivity index (χ2v) is 12.1. The van der Waals surface area contributed by atoms with Gasteiger partial charge in [-0.2, -0.15) is 4.31 Å². The predicted octanol–water partition coefficient (Wildman–Crippen LogP) is 4.23. The van der Waals surface area contributed by atoms with Crippen LogP contribution in [0.5, 0.6) is 0 Å². The summed E-state index contributed by atoms with van der Waals surface area (Å²) in [5, 5.41) is 23.0. The molecular formula is C28H32F2N2O5S. The number of aromatic carboxylic acids is 1. The third kappa shape index (κ3) is 7.44. The van der Waals surface area contributed by atoms with Gasteiger partial charge in [-0.05, 0) is 85.8 Å². The fraction of sp³-hybridized carbons (Fsp3) is 0.321. The Morgan fingerprint density at radius 3 is 2.42 bits per heavy atom. The minimum Gasteiger partial charge on any atom is -0.478 e. The molecule has 10 heteroatoms. The first-order chi connectivity index (χ1) is 17.7. The van der Waals surface area contributed by atoms with E-state index < -0.39 is 33.5 Å². The maximum absolute atomic E-state index is 14.0. The molecule has 0 aliphatic carbocycles. The van der Waals surface area contributed by atoms with E-state index in [1.54, 1.807) is 19.1 Å². The molecular weight excluding hydrogens is 514 g/mol. The molecule has 0 radical (unpaired) electrons. The maximum Gasteiger partial charge on any atom is 0.335 e. The zero-order chi connectivity index (χ0) is 28.3. The van der Waals surface area contributed by atoms with Gasteiger partial charge in [-0.3, -0.25) is 0 Å². The molecule has 0 bridgehead atoms. The van der Waals surface area contributed by atoms with Crippen LogP contribution in [-0.2, 0) is 16.4 Å². The lowest BCUT2D eigenvalue weighted by molar-refractivity contribution is 0.0696. The second kappa shape index (κ2) is 11.7. The summed E-state index contributed by atoms with van der Waals surface area (Å²) in [6, 6.07) is 14.1. The third-order valence-corrected chi connectivity index (χ3v) is 8.01. The molecule has 0 saturated heterocycles. The van der Waals surface area contributed by atoms with Gasteiger partial charge in [-0.25, -0.2) is 22.0 Å².